The van der Waals surface area contributed by atoms with Crippen LogP contribution in [0.15, 0.2) is 41.3 Å². The van der Waals surface area contributed by atoms with E-state index in [-0.39, 0.29) is 0 Å². The first-order valence-corrected chi connectivity index (χ1v) is 6.89. The summed E-state index contributed by atoms with van der Waals surface area (Å²) in [4.78, 5) is 10.7. The van der Waals surface area contributed by atoms with Gasteiger partial charge in [-0.3, -0.25) is 4.98 Å². The molecular formula is C14H17BrN4. The molecule has 0 saturated carbocycles. The highest BCUT2D eigenvalue weighted by molar-refractivity contribution is 9.10. The summed E-state index contributed by atoms with van der Waals surface area (Å²) in [5.74, 6) is 0.995. The molecule has 0 atom stereocenters. The van der Waals surface area contributed by atoms with Gasteiger partial charge in [0.2, 0.25) is 0 Å². The molecule has 0 radical (unpaired) electrons. The molecule has 19 heavy (non-hydrogen) atoms. The molecular weight excluding hydrogens is 304 g/mol. The number of rotatable bonds is 5. The van der Waals surface area contributed by atoms with E-state index in [0.717, 1.165) is 23.4 Å². The molecule has 100 valence electrons. The van der Waals surface area contributed by atoms with Crippen LogP contribution in [0.25, 0.3) is 0 Å². The zero-order valence-electron chi connectivity index (χ0n) is 11.1. The van der Waals surface area contributed by atoms with E-state index in [1.165, 1.54) is 11.1 Å². The van der Waals surface area contributed by atoms with Gasteiger partial charge in [0, 0.05) is 48.8 Å². The second kappa shape index (κ2) is 6.63. The van der Waals surface area contributed by atoms with Gasteiger partial charge in [-0.1, -0.05) is 0 Å². The van der Waals surface area contributed by atoms with Crippen molar-refractivity contribution in [2.75, 3.05) is 19.0 Å². The molecule has 0 aliphatic heterocycles. The van der Waals surface area contributed by atoms with Crippen LogP contribution in [0.4, 0.5) is 5.82 Å². The average molecular weight is 321 g/mol. The molecule has 0 aliphatic carbocycles. The Balaban J connectivity index is 2.20. The molecule has 0 amide bonds. The van der Waals surface area contributed by atoms with E-state index in [1.807, 2.05) is 37.8 Å². The number of nitrogens with one attached hydrogen (secondary N) is 1. The predicted molar refractivity (Wildman–Crippen MR) is 81.0 cm³/mol. The van der Waals surface area contributed by atoms with E-state index < -0.39 is 0 Å². The van der Waals surface area contributed by atoms with E-state index in [1.54, 1.807) is 0 Å². The Kier molecular flexibility index (Phi) is 4.87. The Morgan fingerprint density at radius 2 is 2.05 bits per heavy atom. The van der Waals surface area contributed by atoms with E-state index in [0.29, 0.717) is 0 Å². The summed E-state index contributed by atoms with van der Waals surface area (Å²) in [6.07, 6.45) is 5.46. The molecule has 0 bridgehead atoms. The molecule has 0 aliphatic rings. The zero-order chi connectivity index (χ0) is 13.7. The van der Waals surface area contributed by atoms with Gasteiger partial charge in [-0.2, -0.15) is 0 Å². The maximum absolute atomic E-state index is 4.52. The maximum Gasteiger partial charge on any atom is 0.133 e. The van der Waals surface area contributed by atoms with Gasteiger partial charge >= 0.3 is 0 Å². The second-order valence-corrected chi connectivity index (χ2v) is 5.29. The van der Waals surface area contributed by atoms with Crippen molar-refractivity contribution in [3.63, 3.8) is 0 Å². The lowest BCUT2D eigenvalue weighted by Crippen LogP contribution is -2.21. The molecule has 2 aromatic heterocycles. The van der Waals surface area contributed by atoms with Crippen LogP contribution < -0.4 is 10.2 Å². The summed E-state index contributed by atoms with van der Waals surface area (Å²) in [6, 6.07) is 6.14. The zero-order valence-corrected chi connectivity index (χ0v) is 12.7. The smallest absolute Gasteiger partial charge is 0.133 e. The van der Waals surface area contributed by atoms with Crippen molar-refractivity contribution in [2.45, 2.75) is 13.1 Å². The number of aromatic nitrogens is 2. The van der Waals surface area contributed by atoms with Crippen molar-refractivity contribution < 1.29 is 0 Å². The molecule has 0 aromatic carbocycles. The fourth-order valence-electron chi connectivity index (χ4n) is 1.98. The molecule has 2 rings (SSSR count). The molecule has 0 saturated heterocycles. The molecule has 0 spiro atoms. The number of hydrogen-bond donors (Lipinski definition) is 1. The fourth-order valence-corrected chi connectivity index (χ4v) is 2.35. The van der Waals surface area contributed by atoms with Crippen LogP contribution in [-0.4, -0.2) is 24.1 Å². The SMILES string of the molecule is CNCc1cc(Br)cnc1N(C)Cc1ccncc1. The van der Waals surface area contributed by atoms with Crippen LogP contribution in [0, 0.1) is 0 Å². The number of pyridine rings is 2. The van der Waals surface area contributed by atoms with Crippen LogP contribution in [0.2, 0.25) is 0 Å². The minimum atomic E-state index is 0.794. The van der Waals surface area contributed by atoms with Gasteiger partial charge in [0.1, 0.15) is 5.82 Å². The van der Waals surface area contributed by atoms with Gasteiger partial charge in [0.05, 0.1) is 0 Å². The Labute approximate surface area is 122 Å². The lowest BCUT2D eigenvalue weighted by atomic mass is 10.2. The van der Waals surface area contributed by atoms with E-state index in [2.05, 4.69) is 49.2 Å². The summed E-state index contributed by atoms with van der Waals surface area (Å²) < 4.78 is 0.999. The first-order valence-electron chi connectivity index (χ1n) is 6.09. The van der Waals surface area contributed by atoms with Gasteiger partial charge in [0.15, 0.2) is 0 Å². The average Bonchev–Trinajstić information content (AvgIpc) is 2.40. The van der Waals surface area contributed by atoms with E-state index in [9.17, 15) is 0 Å². The van der Waals surface area contributed by atoms with Crippen molar-refractivity contribution in [3.05, 3.63) is 52.4 Å². The van der Waals surface area contributed by atoms with Crippen molar-refractivity contribution in [3.8, 4) is 0 Å². The first kappa shape index (κ1) is 14.0. The standard InChI is InChI=1S/C14H17BrN4/c1-16-8-12-7-13(15)9-18-14(12)19(2)10-11-3-5-17-6-4-11/h3-7,9,16H,8,10H2,1-2H3. The van der Waals surface area contributed by atoms with Crippen molar-refractivity contribution in [1.82, 2.24) is 15.3 Å². The molecule has 4 nitrogen and oxygen atoms in total. The van der Waals surface area contributed by atoms with Crippen molar-refractivity contribution >= 4 is 21.7 Å². The van der Waals surface area contributed by atoms with Crippen LogP contribution >= 0.6 is 15.9 Å². The van der Waals surface area contributed by atoms with Gasteiger partial charge in [-0.15, -0.1) is 0 Å². The first-order chi connectivity index (χ1) is 9.20. The third-order valence-corrected chi connectivity index (χ3v) is 3.24. The fraction of sp³-hybridized carbons (Fsp3) is 0.286. The Bertz CT molecular complexity index is 530. The van der Waals surface area contributed by atoms with Gasteiger partial charge in [-0.05, 0) is 46.7 Å². The van der Waals surface area contributed by atoms with E-state index in [4.69, 9.17) is 0 Å². The Morgan fingerprint density at radius 3 is 2.74 bits per heavy atom. The number of halogens is 1. The van der Waals surface area contributed by atoms with Crippen molar-refractivity contribution in [1.29, 1.82) is 0 Å². The monoisotopic (exact) mass is 320 g/mol. The highest BCUT2D eigenvalue weighted by Gasteiger charge is 2.09. The number of hydrogen-bond acceptors (Lipinski definition) is 4. The van der Waals surface area contributed by atoms with Crippen molar-refractivity contribution in [2.24, 2.45) is 0 Å². The van der Waals surface area contributed by atoms with Gasteiger partial charge in [-0.25, -0.2) is 4.98 Å². The van der Waals surface area contributed by atoms with Crippen LogP contribution in [-0.2, 0) is 13.1 Å². The number of nitrogens with zero attached hydrogens (tertiary/aromatic N) is 3. The molecule has 5 heteroatoms. The summed E-state index contributed by atoms with van der Waals surface area (Å²) in [7, 11) is 3.99. The van der Waals surface area contributed by atoms with Gasteiger partial charge in [0.25, 0.3) is 0 Å². The highest BCUT2D eigenvalue weighted by atomic mass is 79.9. The summed E-state index contributed by atoms with van der Waals surface area (Å²) in [5, 5.41) is 3.17. The maximum atomic E-state index is 4.52. The highest BCUT2D eigenvalue weighted by Crippen LogP contribution is 2.22. The van der Waals surface area contributed by atoms with Crippen LogP contribution in [0.3, 0.4) is 0 Å². The molecule has 2 aromatic rings. The minimum absolute atomic E-state index is 0.794. The molecule has 0 unspecified atom stereocenters. The molecule has 2 heterocycles. The summed E-state index contributed by atoms with van der Waals surface area (Å²) >= 11 is 3.47. The Morgan fingerprint density at radius 1 is 1.32 bits per heavy atom. The third kappa shape index (κ3) is 3.75. The molecule has 1 N–H and O–H groups in total. The lowest BCUT2D eigenvalue weighted by Gasteiger charge is -2.21. The number of anilines is 1. The topological polar surface area (TPSA) is 41.1 Å². The quantitative estimate of drug-likeness (QED) is 0.919. The largest absolute Gasteiger partial charge is 0.355 e. The Hall–Kier alpha value is -1.46. The van der Waals surface area contributed by atoms with E-state index >= 15 is 0 Å². The van der Waals surface area contributed by atoms with Gasteiger partial charge < -0.3 is 10.2 Å². The summed E-state index contributed by atoms with van der Waals surface area (Å²) in [6.45, 7) is 1.61. The van der Waals surface area contributed by atoms with Crippen LogP contribution in [0.1, 0.15) is 11.1 Å². The molecule has 0 fully saturated rings. The predicted octanol–water partition coefficient (Wildman–Crippen LogP) is 2.59. The second-order valence-electron chi connectivity index (χ2n) is 4.38. The summed E-state index contributed by atoms with van der Waals surface area (Å²) in [5.41, 5.74) is 2.39. The normalized spacial score (nSPS) is 10.5. The third-order valence-electron chi connectivity index (χ3n) is 2.81. The minimum Gasteiger partial charge on any atom is -0.355 e. The van der Waals surface area contributed by atoms with Crippen LogP contribution in [0.5, 0.6) is 0 Å². The lowest BCUT2D eigenvalue weighted by molar-refractivity contribution is 0.794.